The summed E-state index contributed by atoms with van der Waals surface area (Å²) in [6.07, 6.45) is 6.14. The van der Waals surface area contributed by atoms with E-state index in [0.29, 0.717) is 75.2 Å². The van der Waals surface area contributed by atoms with Gasteiger partial charge in [-0.2, -0.15) is 13.2 Å². The maximum atomic E-state index is 15.2. The average Bonchev–Trinajstić information content (AvgIpc) is 3.82. The summed E-state index contributed by atoms with van der Waals surface area (Å²) in [4.78, 5) is 31.2. The molecule has 13 heteroatoms. The lowest BCUT2D eigenvalue weighted by Crippen LogP contribution is -2.67. The van der Waals surface area contributed by atoms with Crippen LogP contribution in [0.5, 0.6) is 11.5 Å². The first-order valence-electron chi connectivity index (χ1n) is 21.2. The number of fused-ring (bicyclic) bond motifs is 1. The van der Waals surface area contributed by atoms with Crippen LogP contribution in [0.3, 0.4) is 0 Å². The number of hydrogen-bond acceptors (Lipinski definition) is 8. The van der Waals surface area contributed by atoms with Gasteiger partial charge in [-0.3, -0.25) is 9.59 Å². The first kappa shape index (κ1) is 43.5. The highest BCUT2D eigenvalue weighted by Crippen LogP contribution is 2.78. The lowest BCUT2D eigenvalue weighted by atomic mass is 9.32. The minimum atomic E-state index is -4.61. The SMILES string of the molecule is COCCCN(C[C@]1(O)CC[C@H]2[C@]34C=C[C@@]5(C=C3C(=O)c3ccc(-c6cc(C(F)(F)F)ccc6Cl)o3)CC(O)CC[C@]5(C)[C@H]4CC[C@@]21C)C(=O)Cc1ccc(OC)c(OC)c1. The molecule has 328 valence electrons. The number of ether oxygens (including phenoxy) is 3. The summed E-state index contributed by atoms with van der Waals surface area (Å²) in [5.74, 6) is 0.330. The summed E-state index contributed by atoms with van der Waals surface area (Å²) in [5, 5.41) is 24.3. The van der Waals surface area contributed by atoms with E-state index in [0.717, 1.165) is 24.1 Å². The van der Waals surface area contributed by atoms with Gasteiger partial charge in [0.2, 0.25) is 11.7 Å². The highest BCUT2D eigenvalue weighted by Gasteiger charge is 2.74. The molecule has 3 fully saturated rings. The molecule has 61 heavy (non-hydrogen) atoms. The van der Waals surface area contributed by atoms with E-state index in [1.54, 1.807) is 38.4 Å². The van der Waals surface area contributed by atoms with Gasteiger partial charge in [-0.15, -0.1) is 0 Å². The van der Waals surface area contributed by atoms with Gasteiger partial charge in [0.25, 0.3) is 0 Å². The largest absolute Gasteiger partial charge is 0.493 e. The summed E-state index contributed by atoms with van der Waals surface area (Å²) in [6.45, 7) is 5.31. The fourth-order valence-electron chi connectivity index (χ4n) is 12.5. The van der Waals surface area contributed by atoms with E-state index in [4.69, 9.17) is 30.2 Å². The standard InChI is InChI=1S/C48H55ClF3NO8/c1-43-16-13-31(54)26-45(43)19-20-47(33(27-45)42(56)37-12-11-35(61-37)32-25-30(48(50,51)52)8-9-34(32)49)39(43)14-17-44(2)40(47)15-18-46(44,57)28-53(21-6-22-58-3)41(55)24-29-7-10-36(59-4)38(23-29)60-5/h7-12,19-20,23,25,27,31,39-40,54,57H,6,13-18,21-22,24,26,28H2,1-5H3/t31?,39-,40-,43-,44+,45+,46-,47-/m1/s1. The Labute approximate surface area is 359 Å². The van der Waals surface area contributed by atoms with E-state index < -0.39 is 39.7 Å². The number of Topliss-reactive ketones (excluding diaryl/α,β-unsaturated/α-hetero) is 1. The Hall–Kier alpha value is -4.10. The van der Waals surface area contributed by atoms with E-state index in [2.05, 4.69) is 32.1 Å². The molecule has 0 saturated heterocycles. The van der Waals surface area contributed by atoms with Crippen molar-refractivity contribution in [3.8, 4) is 22.8 Å². The zero-order chi connectivity index (χ0) is 43.8. The highest BCUT2D eigenvalue weighted by molar-refractivity contribution is 6.33. The maximum Gasteiger partial charge on any atom is 0.416 e. The van der Waals surface area contributed by atoms with Crippen molar-refractivity contribution in [2.45, 2.75) is 89.5 Å². The van der Waals surface area contributed by atoms with Gasteiger partial charge in [0.15, 0.2) is 17.3 Å². The molecule has 1 amide bonds. The number of nitrogens with zero attached hydrogens (tertiary/aromatic N) is 1. The van der Waals surface area contributed by atoms with Crippen LogP contribution in [0.15, 0.2) is 76.7 Å². The summed E-state index contributed by atoms with van der Waals surface area (Å²) < 4.78 is 63.6. The van der Waals surface area contributed by atoms with Gasteiger partial charge in [-0.05, 0) is 117 Å². The number of carbonyl (C=O) groups is 2. The number of aliphatic hydroxyl groups is 2. The number of alkyl halides is 3. The van der Waals surface area contributed by atoms with E-state index >= 15 is 4.79 Å². The fraction of sp³-hybridized carbons (Fsp3) is 0.542. The highest BCUT2D eigenvalue weighted by atomic mass is 35.5. The summed E-state index contributed by atoms with van der Waals surface area (Å²) in [5.41, 5.74) is -3.38. The lowest BCUT2D eigenvalue weighted by molar-refractivity contribution is -0.178. The third-order valence-corrected chi connectivity index (χ3v) is 16.1. The number of hydrogen-bond donors (Lipinski definition) is 2. The van der Waals surface area contributed by atoms with Crippen LogP contribution in [0, 0.1) is 33.5 Å². The minimum absolute atomic E-state index is 0.0151. The summed E-state index contributed by atoms with van der Waals surface area (Å²) in [6, 6.07) is 11.4. The molecule has 0 aliphatic heterocycles. The van der Waals surface area contributed by atoms with Crippen molar-refractivity contribution < 1.29 is 51.6 Å². The molecule has 2 aromatic carbocycles. The van der Waals surface area contributed by atoms with Crippen LogP contribution in [-0.4, -0.2) is 79.5 Å². The molecule has 1 heterocycles. The van der Waals surface area contributed by atoms with Gasteiger partial charge in [0, 0.05) is 54.2 Å². The molecule has 1 aromatic heterocycles. The van der Waals surface area contributed by atoms with E-state index in [9.17, 15) is 28.2 Å². The molecule has 9 nitrogen and oxygen atoms in total. The summed E-state index contributed by atoms with van der Waals surface area (Å²) >= 11 is 6.40. The molecule has 2 bridgehead atoms. The van der Waals surface area contributed by atoms with Gasteiger partial charge < -0.3 is 33.7 Å². The van der Waals surface area contributed by atoms with Crippen molar-refractivity contribution in [1.82, 2.24) is 4.90 Å². The predicted octanol–water partition coefficient (Wildman–Crippen LogP) is 9.52. The number of amides is 1. The van der Waals surface area contributed by atoms with Gasteiger partial charge in [-0.25, -0.2) is 0 Å². The van der Waals surface area contributed by atoms with Crippen LogP contribution in [0.25, 0.3) is 11.3 Å². The second kappa shape index (κ2) is 15.6. The van der Waals surface area contributed by atoms with Crippen LogP contribution in [0.2, 0.25) is 5.02 Å². The average molecular weight is 866 g/mol. The van der Waals surface area contributed by atoms with Crippen LogP contribution in [0.4, 0.5) is 13.2 Å². The Morgan fingerprint density at radius 3 is 2.36 bits per heavy atom. The third-order valence-electron chi connectivity index (χ3n) is 15.7. The molecule has 8 atom stereocenters. The van der Waals surface area contributed by atoms with Crippen molar-refractivity contribution in [1.29, 1.82) is 0 Å². The number of benzene rings is 2. The van der Waals surface area contributed by atoms with Crippen LogP contribution >= 0.6 is 11.6 Å². The van der Waals surface area contributed by atoms with E-state index in [-0.39, 0.29) is 64.0 Å². The number of carbonyl (C=O) groups excluding carboxylic acids is 2. The van der Waals surface area contributed by atoms with Crippen LogP contribution in [-0.2, 0) is 22.1 Å². The number of allylic oxidation sites excluding steroid dienone is 4. The van der Waals surface area contributed by atoms with Gasteiger partial charge in [0.1, 0.15) is 5.76 Å². The summed E-state index contributed by atoms with van der Waals surface area (Å²) in [7, 11) is 4.71. The molecule has 2 N–H and O–H groups in total. The van der Waals surface area contributed by atoms with Crippen LogP contribution in [0.1, 0.15) is 86.9 Å². The number of furan rings is 1. The molecule has 3 aromatic rings. The second-order valence-electron chi connectivity index (χ2n) is 18.5. The van der Waals surface area contributed by atoms with Gasteiger partial charge >= 0.3 is 6.18 Å². The van der Waals surface area contributed by atoms with Crippen molar-refractivity contribution in [3.05, 3.63) is 94.2 Å². The Kier molecular flexibility index (Phi) is 11.1. The molecular formula is C48H55ClF3NO8. The molecule has 9 rings (SSSR count). The van der Waals surface area contributed by atoms with Crippen molar-refractivity contribution >= 4 is 23.3 Å². The maximum absolute atomic E-state index is 15.2. The minimum Gasteiger partial charge on any atom is -0.493 e. The van der Waals surface area contributed by atoms with E-state index in [1.165, 1.54) is 18.2 Å². The van der Waals surface area contributed by atoms with E-state index in [1.807, 2.05) is 6.07 Å². The number of rotatable bonds is 13. The van der Waals surface area contributed by atoms with Crippen molar-refractivity contribution in [2.24, 2.45) is 33.5 Å². The number of halogens is 4. The molecule has 2 spiro atoms. The fourth-order valence-corrected chi connectivity index (χ4v) is 12.7. The van der Waals surface area contributed by atoms with Gasteiger partial charge in [0.05, 0.1) is 42.9 Å². The molecule has 3 saturated carbocycles. The smallest absolute Gasteiger partial charge is 0.416 e. The Morgan fingerprint density at radius 1 is 0.918 bits per heavy atom. The number of aliphatic hydroxyl groups excluding tert-OH is 1. The van der Waals surface area contributed by atoms with Crippen molar-refractivity contribution in [2.75, 3.05) is 41.0 Å². The lowest BCUT2D eigenvalue weighted by Gasteiger charge is -2.71. The normalized spacial score (nSPS) is 32.4. The predicted molar refractivity (Wildman–Crippen MR) is 223 cm³/mol. The second-order valence-corrected chi connectivity index (χ2v) is 18.9. The molecule has 6 aliphatic rings. The monoisotopic (exact) mass is 865 g/mol. The number of methoxy groups -OCH3 is 3. The molecular weight excluding hydrogens is 811 g/mol. The number of ketones is 1. The zero-order valence-electron chi connectivity index (χ0n) is 35.4. The molecule has 1 unspecified atom stereocenters. The topological polar surface area (TPSA) is 119 Å². The van der Waals surface area contributed by atoms with Crippen LogP contribution < -0.4 is 9.47 Å². The third kappa shape index (κ3) is 6.86. The first-order valence-corrected chi connectivity index (χ1v) is 21.6. The molecule has 6 aliphatic carbocycles. The Morgan fingerprint density at radius 2 is 1.64 bits per heavy atom. The quantitative estimate of drug-likeness (QED) is 0.0992. The Bertz CT molecular complexity index is 2270. The van der Waals surface area contributed by atoms with Crippen molar-refractivity contribution in [3.63, 3.8) is 0 Å². The Balaban J connectivity index is 1.16. The molecule has 0 radical (unpaired) electrons. The zero-order valence-corrected chi connectivity index (χ0v) is 36.1. The first-order chi connectivity index (χ1) is 28.9. The van der Waals surface area contributed by atoms with Gasteiger partial charge in [-0.1, -0.05) is 49.7 Å².